The minimum atomic E-state index is -0.142. The normalized spacial score (nSPS) is 10.7. The van der Waals surface area contributed by atoms with Crippen LogP contribution in [-0.4, -0.2) is 22.8 Å². The number of ether oxygens (including phenoxy) is 1. The molecule has 0 spiro atoms. The molecule has 0 fully saturated rings. The van der Waals surface area contributed by atoms with Crippen LogP contribution in [0.25, 0.3) is 21.3 Å². The molecule has 0 aliphatic rings. The number of hydrogen-bond donors (Lipinski definition) is 1. The number of thioether (sulfide) groups is 1. The highest BCUT2D eigenvalue weighted by atomic mass is 32.2. The Hall–Kier alpha value is -2.23. The zero-order valence-electron chi connectivity index (χ0n) is 12.7. The molecule has 0 aliphatic carbocycles. The minimum Gasteiger partial charge on any atom is -0.497 e. The van der Waals surface area contributed by atoms with Gasteiger partial charge in [-0.3, -0.25) is 4.79 Å². The van der Waals surface area contributed by atoms with Crippen molar-refractivity contribution in [3.05, 3.63) is 39.5 Å². The molecule has 3 rings (SSSR count). The summed E-state index contributed by atoms with van der Waals surface area (Å²) in [5.41, 5.74) is 1.72. The first-order valence-corrected chi connectivity index (χ1v) is 8.68. The van der Waals surface area contributed by atoms with E-state index in [9.17, 15) is 4.79 Å². The fraction of sp³-hybridized carbons (Fsp3) is 0.176. The highest BCUT2D eigenvalue weighted by Gasteiger charge is 2.17. The number of nitrogens with zero attached hydrogens (tertiary/aromatic N) is 1. The number of methoxy groups -OCH3 is 1. The van der Waals surface area contributed by atoms with Crippen molar-refractivity contribution in [3.8, 4) is 29.2 Å². The second kappa shape index (κ2) is 6.49. The van der Waals surface area contributed by atoms with Gasteiger partial charge in [-0.1, -0.05) is 29.8 Å². The van der Waals surface area contributed by atoms with Crippen LogP contribution in [0.15, 0.2) is 34.2 Å². The van der Waals surface area contributed by atoms with Crippen molar-refractivity contribution < 1.29 is 4.74 Å². The Bertz CT molecular complexity index is 967. The molecular formula is C17H14N2O2S2. The Kier molecular flexibility index (Phi) is 4.42. The third-order valence-corrected chi connectivity index (χ3v) is 5.14. The van der Waals surface area contributed by atoms with Gasteiger partial charge >= 0.3 is 0 Å². The number of terminal acetylenes is 1. The van der Waals surface area contributed by atoms with Crippen LogP contribution in [0.2, 0.25) is 0 Å². The molecule has 1 aromatic carbocycles. The number of fused-ring (bicyclic) bond motifs is 1. The first-order valence-electron chi connectivity index (χ1n) is 6.88. The van der Waals surface area contributed by atoms with Crippen LogP contribution >= 0.6 is 23.1 Å². The SMILES string of the molecule is C#CCSc1nc2sc(C)c(-c3cccc(OC)c3)c2c(=O)[nH]1. The Morgan fingerprint density at radius 1 is 1.48 bits per heavy atom. The number of nitrogens with one attached hydrogen (secondary N) is 1. The first kappa shape index (κ1) is 15.7. The molecule has 116 valence electrons. The average Bonchev–Trinajstić information content (AvgIpc) is 2.89. The van der Waals surface area contributed by atoms with Crippen molar-refractivity contribution in [2.45, 2.75) is 12.1 Å². The van der Waals surface area contributed by atoms with Crippen LogP contribution in [0, 0.1) is 19.3 Å². The number of hydrogen-bond acceptors (Lipinski definition) is 5. The maximum Gasteiger partial charge on any atom is 0.260 e. The van der Waals surface area contributed by atoms with E-state index >= 15 is 0 Å². The highest BCUT2D eigenvalue weighted by molar-refractivity contribution is 7.99. The lowest BCUT2D eigenvalue weighted by Gasteiger charge is -2.05. The summed E-state index contributed by atoms with van der Waals surface area (Å²) in [4.78, 5) is 21.6. The number of aromatic nitrogens is 2. The van der Waals surface area contributed by atoms with Crippen LogP contribution in [-0.2, 0) is 0 Å². The second-order valence-corrected chi connectivity index (χ2v) is 6.98. The predicted octanol–water partition coefficient (Wildman–Crippen LogP) is 3.69. The number of aryl methyl sites for hydroxylation is 1. The quantitative estimate of drug-likeness (QED) is 0.446. The van der Waals surface area contributed by atoms with Crippen LogP contribution in [0.4, 0.5) is 0 Å². The Balaban J connectivity index is 2.20. The van der Waals surface area contributed by atoms with E-state index in [1.54, 1.807) is 7.11 Å². The van der Waals surface area contributed by atoms with Gasteiger partial charge in [-0.2, -0.15) is 0 Å². The number of thiophene rings is 1. The summed E-state index contributed by atoms with van der Waals surface area (Å²) in [5.74, 6) is 3.76. The van der Waals surface area contributed by atoms with E-state index < -0.39 is 0 Å². The zero-order chi connectivity index (χ0) is 16.4. The maximum absolute atomic E-state index is 12.5. The van der Waals surface area contributed by atoms with Crippen LogP contribution in [0.5, 0.6) is 5.75 Å². The van der Waals surface area contributed by atoms with E-state index in [-0.39, 0.29) is 5.56 Å². The molecule has 3 aromatic rings. The molecule has 2 aromatic heterocycles. The zero-order valence-corrected chi connectivity index (χ0v) is 14.3. The molecule has 0 saturated carbocycles. The van der Waals surface area contributed by atoms with Gasteiger partial charge in [0.05, 0.1) is 18.2 Å². The Morgan fingerprint density at radius 3 is 3.04 bits per heavy atom. The average molecular weight is 342 g/mol. The minimum absolute atomic E-state index is 0.142. The molecule has 0 saturated heterocycles. The number of H-pyrrole nitrogens is 1. The van der Waals surface area contributed by atoms with Crippen molar-refractivity contribution >= 4 is 33.3 Å². The molecule has 0 aliphatic heterocycles. The predicted molar refractivity (Wildman–Crippen MR) is 96.5 cm³/mol. The van der Waals surface area contributed by atoms with E-state index in [1.807, 2.05) is 31.2 Å². The van der Waals surface area contributed by atoms with Gasteiger partial charge in [0.2, 0.25) is 0 Å². The van der Waals surface area contributed by atoms with Gasteiger partial charge in [0, 0.05) is 10.4 Å². The first-order chi connectivity index (χ1) is 11.1. The van der Waals surface area contributed by atoms with E-state index in [4.69, 9.17) is 11.2 Å². The van der Waals surface area contributed by atoms with Crippen LogP contribution < -0.4 is 10.3 Å². The van der Waals surface area contributed by atoms with Crippen LogP contribution in [0.3, 0.4) is 0 Å². The summed E-state index contributed by atoms with van der Waals surface area (Å²) in [5, 5.41) is 1.17. The van der Waals surface area contributed by atoms with Gasteiger partial charge in [0.15, 0.2) is 5.16 Å². The van der Waals surface area contributed by atoms with Crippen molar-refractivity contribution in [1.82, 2.24) is 9.97 Å². The number of benzene rings is 1. The van der Waals surface area contributed by atoms with Crippen molar-refractivity contribution in [3.63, 3.8) is 0 Å². The fourth-order valence-corrected chi connectivity index (χ4v) is 4.05. The fourth-order valence-electron chi connectivity index (χ4n) is 2.40. The number of rotatable bonds is 4. The van der Waals surface area contributed by atoms with Crippen molar-refractivity contribution in [1.29, 1.82) is 0 Å². The summed E-state index contributed by atoms with van der Waals surface area (Å²) in [6.07, 6.45) is 5.26. The summed E-state index contributed by atoms with van der Waals surface area (Å²) < 4.78 is 5.28. The van der Waals surface area contributed by atoms with Gasteiger partial charge in [-0.25, -0.2) is 4.98 Å². The molecule has 0 bridgehead atoms. The van der Waals surface area contributed by atoms with Crippen molar-refractivity contribution in [2.75, 3.05) is 12.9 Å². The number of aromatic amines is 1. The van der Waals surface area contributed by atoms with Gasteiger partial charge in [0.25, 0.3) is 5.56 Å². The molecule has 0 unspecified atom stereocenters. The monoisotopic (exact) mass is 342 g/mol. The van der Waals surface area contributed by atoms with Crippen LogP contribution in [0.1, 0.15) is 4.88 Å². The molecular weight excluding hydrogens is 328 g/mol. The summed E-state index contributed by atoms with van der Waals surface area (Å²) in [7, 11) is 1.63. The molecule has 2 heterocycles. The molecule has 4 nitrogen and oxygen atoms in total. The van der Waals surface area contributed by atoms with Gasteiger partial charge in [0.1, 0.15) is 10.6 Å². The maximum atomic E-state index is 12.5. The van der Waals surface area contributed by atoms with Gasteiger partial charge < -0.3 is 9.72 Å². The Morgan fingerprint density at radius 2 is 2.30 bits per heavy atom. The summed E-state index contributed by atoms with van der Waals surface area (Å²) >= 11 is 2.86. The second-order valence-electron chi connectivity index (χ2n) is 4.81. The lowest BCUT2D eigenvalue weighted by atomic mass is 10.0. The highest BCUT2D eigenvalue weighted by Crippen LogP contribution is 2.37. The summed E-state index contributed by atoms with van der Waals surface area (Å²) in [6, 6.07) is 7.69. The molecule has 1 N–H and O–H groups in total. The third-order valence-electron chi connectivity index (χ3n) is 3.37. The smallest absolute Gasteiger partial charge is 0.260 e. The molecule has 0 amide bonds. The topological polar surface area (TPSA) is 55.0 Å². The van der Waals surface area contributed by atoms with Gasteiger partial charge in [-0.15, -0.1) is 17.8 Å². The van der Waals surface area contributed by atoms with E-state index in [0.29, 0.717) is 16.3 Å². The molecule has 0 atom stereocenters. The lowest BCUT2D eigenvalue weighted by molar-refractivity contribution is 0.415. The van der Waals surface area contributed by atoms with E-state index in [1.165, 1.54) is 23.1 Å². The molecule has 0 radical (unpaired) electrons. The third kappa shape index (κ3) is 2.98. The van der Waals surface area contributed by atoms with E-state index in [0.717, 1.165) is 26.6 Å². The Labute approximate surface area is 141 Å². The largest absolute Gasteiger partial charge is 0.497 e. The summed E-state index contributed by atoms with van der Waals surface area (Å²) in [6.45, 7) is 1.99. The van der Waals surface area contributed by atoms with Gasteiger partial charge in [-0.05, 0) is 24.6 Å². The van der Waals surface area contributed by atoms with E-state index in [2.05, 4.69) is 15.9 Å². The standard InChI is InChI=1S/C17H14N2O2S2/c1-4-8-22-17-18-15(20)14-13(10(2)23-16(14)19-17)11-6-5-7-12(9-11)21-3/h1,5-7,9H,8H2,2-3H3,(H,18,19,20). The molecule has 6 heteroatoms. The van der Waals surface area contributed by atoms with Crippen molar-refractivity contribution in [2.24, 2.45) is 0 Å². The molecule has 23 heavy (non-hydrogen) atoms. The lowest BCUT2D eigenvalue weighted by Crippen LogP contribution is -2.08.